The van der Waals surface area contributed by atoms with Gasteiger partial charge in [-0.25, -0.2) is 0 Å². The Kier molecular flexibility index (Phi) is 6.16. The van der Waals surface area contributed by atoms with Crippen molar-refractivity contribution in [3.63, 3.8) is 0 Å². The molecule has 1 aliphatic carbocycles. The quantitative estimate of drug-likeness (QED) is 0.549. The number of thiocarbonyl (C=S) groups is 1. The second-order valence-electron chi connectivity index (χ2n) is 7.09. The topological polar surface area (TPSA) is 49.4 Å². The highest BCUT2D eigenvalue weighted by Gasteiger charge is 2.47. The minimum Gasteiger partial charge on any atom is -0.335 e. The molecule has 28 heavy (non-hydrogen) atoms. The van der Waals surface area contributed by atoms with Gasteiger partial charge < -0.3 is 10.2 Å². The van der Waals surface area contributed by atoms with Gasteiger partial charge in [-0.1, -0.05) is 29.8 Å². The Morgan fingerprint density at radius 1 is 1.14 bits per heavy atom. The molecule has 4 nitrogen and oxygen atoms in total. The largest absolute Gasteiger partial charge is 0.335 e. The van der Waals surface area contributed by atoms with Crippen molar-refractivity contribution in [2.24, 2.45) is 0 Å². The van der Waals surface area contributed by atoms with Crippen molar-refractivity contribution in [3.8, 4) is 0 Å². The van der Waals surface area contributed by atoms with Gasteiger partial charge in [0.25, 0.3) is 0 Å². The lowest BCUT2D eigenvalue weighted by molar-refractivity contribution is -0.131. The van der Waals surface area contributed by atoms with Crippen molar-refractivity contribution in [3.05, 3.63) is 64.7 Å². The molecule has 2 aromatic carbocycles. The van der Waals surface area contributed by atoms with E-state index < -0.39 is 5.54 Å². The summed E-state index contributed by atoms with van der Waals surface area (Å²) in [5.41, 5.74) is 1.32. The van der Waals surface area contributed by atoms with Crippen LogP contribution < -0.4 is 5.32 Å². The minimum absolute atomic E-state index is 0.0109. The van der Waals surface area contributed by atoms with Gasteiger partial charge in [0.1, 0.15) is 5.54 Å². The van der Waals surface area contributed by atoms with Crippen molar-refractivity contribution in [2.75, 3.05) is 12.4 Å². The fourth-order valence-corrected chi connectivity index (χ4v) is 4.36. The predicted molar refractivity (Wildman–Crippen MR) is 117 cm³/mol. The lowest BCUT2D eigenvalue weighted by Crippen LogP contribution is -2.55. The van der Waals surface area contributed by atoms with Crippen molar-refractivity contribution in [2.45, 2.75) is 38.1 Å². The maximum absolute atomic E-state index is 13.2. The standard InChI is InChI=1S/C22H23ClN2O2S/c1-15(26)16-10-12-17(13-11-16)24-21(28)25(2)22(14-6-5-9-20(22)27)18-7-3-4-8-19(18)23/h3-4,7-8,10-13H,5-6,9,14H2,1-2H3,(H,24,28)/t22-/m0/s1. The van der Waals surface area contributed by atoms with Crippen LogP contribution in [0.25, 0.3) is 0 Å². The van der Waals surface area contributed by atoms with E-state index in [9.17, 15) is 9.59 Å². The summed E-state index contributed by atoms with van der Waals surface area (Å²) in [6.07, 6.45) is 2.98. The molecule has 3 rings (SSSR count). The molecule has 0 heterocycles. The molecule has 0 unspecified atom stereocenters. The summed E-state index contributed by atoms with van der Waals surface area (Å²) in [5.74, 6) is 0.141. The van der Waals surface area contributed by atoms with Gasteiger partial charge in [-0.15, -0.1) is 0 Å². The molecule has 2 aromatic rings. The third-order valence-electron chi connectivity index (χ3n) is 5.39. The van der Waals surface area contributed by atoms with Crippen LogP contribution >= 0.6 is 23.8 Å². The van der Waals surface area contributed by atoms with Crippen LogP contribution in [-0.4, -0.2) is 28.6 Å². The van der Waals surface area contributed by atoms with Crippen molar-refractivity contribution >= 4 is 46.2 Å². The van der Waals surface area contributed by atoms with Crippen molar-refractivity contribution < 1.29 is 9.59 Å². The molecule has 0 saturated heterocycles. The summed E-state index contributed by atoms with van der Waals surface area (Å²) in [4.78, 5) is 26.5. The molecule has 0 aliphatic heterocycles. The highest BCUT2D eigenvalue weighted by molar-refractivity contribution is 7.80. The summed E-state index contributed by atoms with van der Waals surface area (Å²) < 4.78 is 0. The number of benzene rings is 2. The first-order valence-electron chi connectivity index (χ1n) is 9.30. The first-order chi connectivity index (χ1) is 13.4. The van der Waals surface area contributed by atoms with Gasteiger partial charge in [-0.05, 0) is 68.7 Å². The van der Waals surface area contributed by atoms with Crippen LogP contribution in [0.15, 0.2) is 48.5 Å². The van der Waals surface area contributed by atoms with E-state index in [1.165, 1.54) is 6.92 Å². The normalized spacial score (nSPS) is 19.2. The van der Waals surface area contributed by atoms with E-state index in [2.05, 4.69) is 5.32 Å². The third kappa shape index (κ3) is 3.82. The van der Waals surface area contributed by atoms with E-state index in [1.54, 1.807) is 12.1 Å². The summed E-state index contributed by atoms with van der Waals surface area (Å²) >= 11 is 12.1. The molecule has 146 valence electrons. The number of nitrogens with one attached hydrogen (secondary N) is 1. The van der Waals surface area contributed by atoms with Gasteiger partial charge in [0, 0.05) is 35.3 Å². The van der Waals surface area contributed by atoms with Gasteiger partial charge in [0.2, 0.25) is 0 Å². The second kappa shape index (κ2) is 8.41. The molecule has 0 aromatic heterocycles. The van der Waals surface area contributed by atoms with Gasteiger partial charge in [0.15, 0.2) is 16.7 Å². The predicted octanol–water partition coefficient (Wildman–Crippen LogP) is 5.21. The Morgan fingerprint density at radius 3 is 2.43 bits per heavy atom. The first-order valence-corrected chi connectivity index (χ1v) is 10.1. The SMILES string of the molecule is CC(=O)c1ccc(NC(=S)N(C)[C@]2(c3ccccc3Cl)CCCCC2=O)cc1. The van der Waals surface area contributed by atoms with E-state index >= 15 is 0 Å². The van der Waals surface area contributed by atoms with Crippen LogP contribution in [0, 0.1) is 0 Å². The Labute approximate surface area is 175 Å². The van der Waals surface area contributed by atoms with Gasteiger partial charge in [-0.2, -0.15) is 0 Å². The number of rotatable bonds is 4. The van der Waals surface area contributed by atoms with E-state index in [0.717, 1.165) is 24.1 Å². The van der Waals surface area contributed by atoms with Crippen LogP contribution in [0.5, 0.6) is 0 Å². The van der Waals surface area contributed by atoms with Crippen LogP contribution in [0.4, 0.5) is 5.69 Å². The molecular formula is C22H23ClN2O2S. The lowest BCUT2D eigenvalue weighted by atomic mass is 9.74. The molecule has 1 saturated carbocycles. The molecule has 1 N–H and O–H groups in total. The molecule has 0 bridgehead atoms. The van der Waals surface area contributed by atoms with Crippen LogP contribution in [0.2, 0.25) is 5.02 Å². The molecule has 0 radical (unpaired) electrons. The Balaban J connectivity index is 1.92. The van der Waals surface area contributed by atoms with Crippen LogP contribution in [0.3, 0.4) is 0 Å². The number of ketones is 2. The van der Waals surface area contributed by atoms with Gasteiger partial charge in [0.05, 0.1) is 0 Å². The zero-order valence-electron chi connectivity index (χ0n) is 16.0. The minimum atomic E-state index is -0.875. The zero-order valence-corrected chi connectivity index (χ0v) is 17.6. The van der Waals surface area contributed by atoms with Crippen molar-refractivity contribution in [1.82, 2.24) is 4.90 Å². The molecular weight excluding hydrogens is 392 g/mol. The average Bonchev–Trinajstić information content (AvgIpc) is 2.69. The second-order valence-corrected chi connectivity index (χ2v) is 7.89. The first kappa shape index (κ1) is 20.5. The highest BCUT2D eigenvalue weighted by Crippen LogP contribution is 2.42. The molecule has 0 amide bonds. The molecule has 6 heteroatoms. The maximum atomic E-state index is 13.2. The number of hydrogen-bond donors (Lipinski definition) is 1. The van der Waals surface area contributed by atoms with Crippen LogP contribution in [-0.2, 0) is 10.3 Å². The summed E-state index contributed by atoms with van der Waals surface area (Å²) in [5, 5.41) is 4.19. The monoisotopic (exact) mass is 414 g/mol. The summed E-state index contributed by atoms with van der Waals surface area (Å²) in [7, 11) is 1.84. The Bertz CT molecular complexity index is 913. The smallest absolute Gasteiger partial charge is 0.174 e. The van der Waals surface area contributed by atoms with E-state index in [0.29, 0.717) is 28.5 Å². The lowest BCUT2D eigenvalue weighted by Gasteiger charge is -2.45. The number of likely N-dealkylation sites (N-methyl/N-ethyl adjacent to an activating group) is 1. The number of Topliss-reactive ketones (excluding diaryl/α,β-unsaturated/α-hetero) is 2. The van der Waals surface area contributed by atoms with E-state index in [-0.39, 0.29) is 11.6 Å². The summed E-state index contributed by atoms with van der Waals surface area (Å²) in [6.45, 7) is 1.53. The number of carbonyl (C=O) groups excluding carboxylic acids is 2. The van der Waals surface area contributed by atoms with E-state index in [4.69, 9.17) is 23.8 Å². The fraction of sp³-hybridized carbons (Fsp3) is 0.318. The number of carbonyl (C=O) groups is 2. The highest BCUT2D eigenvalue weighted by atomic mass is 35.5. The van der Waals surface area contributed by atoms with E-state index in [1.807, 2.05) is 48.3 Å². The summed E-state index contributed by atoms with van der Waals surface area (Å²) in [6, 6.07) is 14.6. The fourth-order valence-electron chi connectivity index (χ4n) is 3.80. The molecule has 1 atom stereocenters. The third-order valence-corrected chi connectivity index (χ3v) is 6.10. The number of halogens is 1. The molecule has 1 aliphatic rings. The Hall–Kier alpha value is -2.24. The number of hydrogen-bond acceptors (Lipinski definition) is 3. The zero-order chi connectivity index (χ0) is 20.3. The Morgan fingerprint density at radius 2 is 1.82 bits per heavy atom. The average molecular weight is 415 g/mol. The van der Waals surface area contributed by atoms with Gasteiger partial charge >= 0.3 is 0 Å². The number of nitrogens with zero attached hydrogens (tertiary/aromatic N) is 1. The number of anilines is 1. The maximum Gasteiger partial charge on any atom is 0.174 e. The molecule has 1 fully saturated rings. The van der Waals surface area contributed by atoms with Crippen molar-refractivity contribution in [1.29, 1.82) is 0 Å². The van der Waals surface area contributed by atoms with Crippen LogP contribution in [0.1, 0.15) is 48.5 Å². The van der Waals surface area contributed by atoms with Gasteiger partial charge in [-0.3, -0.25) is 9.59 Å². The molecule has 0 spiro atoms.